The molecule has 0 radical (unpaired) electrons. The number of pyridine rings is 2. The Kier molecular flexibility index (Phi) is 6.90. The second-order valence-corrected chi connectivity index (χ2v) is 16.6. The van der Waals surface area contributed by atoms with Crippen molar-refractivity contribution >= 4 is 117 Å². The average Bonchev–Trinajstić information content (AvgIpc) is 3.70. The molecule has 3 aromatic heterocycles. The summed E-state index contributed by atoms with van der Waals surface area (Å²) < 4.78 is 1.51. The summed E-state index contributed by atoms with van der Waals surface area (Å²) in [6.45, 7) is 2.25. The van der Waals surface area contributed by atoms with Crippen LogP contribution in [0.4, 0.5) is 0 Å². The third-order valence-electron chi connectivity index (χ3n) is 13.5. The number of imidazole rings is 1. The van der Waals surface area contributed by atoms with Crippen molar-refractivity contribution < 1.29 is 28.8 Å². The molecule has 0 N–H and O–H groups in total. The van der Waals surface area contributed by atoms with Crippen LogP contribution in [-0.2, 0) is 0 Å². The molecule has 3 aliphatic rings. The zero-order valence-corrected chi connectivity index (χ0v) is 33.4. The van der Waals surface area contributed by atoms with Gasteiger partial charge in [-0.25, -0.2) is 9.97 Å². The molecule has 0 bridgehead atoms. The second-order valence-electron chi connectivity index (χ2n) is 16.6. The monoisotopic (exact) mass is 826 g/mol. The largest absolute Gasteiger partial charge is 0.274 e. The predicted octanol–water partition coefficient (Wildman–Crippen LogP) is 7.72. The van der Waals surface area contributed by atoms with Gasteiger partial charge < -0.3 is 0 Å². The Hall–Kier alpha value is -8.19. The highest BCUT2D eigenvalue weighted by atomic mass is 16.2. The first-order valence-electron chi connectivity index (χ1n) is 20.9. The molecule has 63 heavy (non-hydrogen) atoms. The molecular weight excluding hydrogens is 797 g/mol. The van der Waals surface area contributed by atoms with Crippen LogP contribution < -0.4 is 5.56 Å². The summed E-state index contributed by atoms with van der Waals surface area (Å²) in [5, 5.41) is 7.78. The molecule has 0 aliphatic carbocycles. The summed E-state index contributed by atoms with van der Waals surface area (Å²) in [6, 6.07) is 24.6. The van der Waals surface area contributed by atoms with Crippen LogP contribution in [0.5, 0.6) is 0 Å². The second kappa shape index (κ2) is 12.2. The van der Waals surface area contributed by atoms with Crippen LogP contribution in [0.2, 0.25) is 0 Å². The number of nitrogens with zero attached hydrogens (tertiary/aromatic N) is 6. The van der Waals surface area contributed by atoms with Gasteiger partial charge in [-0.3, -0.25) is 52.7 Å². The van der Waals surface area contributed by atoms with E-state index in [0.717, 1.165) is 43.6 Å². The van der Waals surface area contributed by atoms with E-state index in [4.69, 9.17) is 0 Å². The zero-order chi connectivity index (χ0) is 42.7. The van der Waals surface area contributed by atoms with E-state index < -0.39 is 23.6 Å². The van der Waals surface area contributed by atoms with E-state index in [2.05, 4.69) is 9.97 Å². The van der Waals surface area contributed by atoms with Crippen LogP contribution >= 0.6 is 0 Å². The summed E-state index contributed by atoms with van der Waals surface area (Å²) in [5.41, 5.74) is 3.24. The number of rotatable bonds is 7. The van der Waals surface area contributed by atoms with E-state index in [1.54, 1.807) is 66.9 Å². The highest BCUT2D eigenvalue weighted by molar-refractivity contribution is 6.41. The summed E-state index contributed by atoms with van der Waals surface area (Å²) in [7, 11) is 0. The van der Waals surface area contributed by atoms with Crippen molar-refractivity contribution in [3.8, 4) is 0 Å². The number of carbonyl (C=O) groups excluding carboxylic acids is 6. The van der Waals surface area contributed by atoms with Crippen molar-refractivity contribution in [3.63, 3.8) is 0 Å². The number of imide groups is 3. The molecule has 6 heterocycles. The molecule has 0 fully saturated rings. The molecule has 0 unspecified atom stereocenters. The molecule has 7 aromatic carbocycles. The fourth-order valence-electron chi connectivity index (χ4n) is 10.7. The summed E-state index contributed by atoms with van der Waals surface area (Å²) in [4.78, 5) is 111. The first-order valence-corrected chi connectivity index (χ1v) is 20.9. The molecule has 13 rings (SSSR count). The normalized spacial score (nSPS) is 15.3. The van der Waals surface area contributed by atoms with Gasteiger partial charge in [0.05, 0.1) is 5.52 Å². The molecule has 302 valence electrons. The van der Waals surface area contributed by atoms with Crippen LogP contribution in [0.3, 0.4) is 0 Å². The fraction of sp³-hybridized carbons (Fsp3) is 0.140. The highest BCUT2D eigenvalue weighted by Gasteiger charge is 2.38. The van der Waals surface area contributed by atoms with E-state index in [0.29, 0.717) is 84.3 Å². The molecule has 0 spiro atoms. The molecule has 13 heteroatoms. The summed E-state index contributed by atoms with van der Waals surface area (Å²) in [6.07, 6.45) is 3.28. The topological polar surface area (TPSA) is 159 Å². The molecule has 0 atom stereocenters. The quantitative estimate of drug-likeness (QED) is 0.0891. The van der Waals surface area contributed by atoms with Crippen molar-refractivity contribution in [2.75, 3.05) is 19.6 Å². The minimum atomic E-state index is -0.534. The van der Waals surface area contributed by atoms with E-state index >= 15 is 0 Å². The maximum atomic E-state index is 14.3. The Balaban J connectivity index is 0.831. The van der Waals surface area contributed by atoms with Crippen molar-refractivity contribution in [1.82, 2.24) is 29.1 Å². The Morgan fingerprint density at radius 1 is 0.429 bits per heavy atom. The number of hydrogen-bond acceptors (Lipinski definition) is 9. The van der Waals surface area contributed by atoms with Gasteiger partial charge in [0.25, 0.3) is 41.0 Å². The lowest BCUT2D eigenvalue weighted by Crippen LogP contribution is -2.44. The molecule has 13 nitrogen and oxygen atoms in total. The van der Waals surface area contributed by atoms with Crippen molar-refractivity contribution in [1.29, 1.82) is 0 Å². The molecular formula is C50H30N6O7. The molecule has 10 aromatic rings. The first-order chi connectivity index (χ1) is 30.7. The Morgan fingerprint density at radius 2 is 0.810 bits per heavy atom. The van der Waals surface area contributed by atoms with Gasteiger partial charge in [0.1, 0.15) is 0 Å². The lowest BCUT2D eigenvalue weighted by atomic mass is 9.82. The summed E-state index contributed by atoms with van der Waals surface area (Å²) in [5.74, 6) is -2.66. The van der Waals surface area contributed by atoms with E-state index in [-0.39, 0.29) is 48.0 Å². The van der Waals surface area contributed by atoms with Gasteiger partial charge in [-0.15, -0.1) is 0 Å². The Morgan fingerprint density at radius 3 is 1.24 bits per heavy atom. The SMILES string of the molecule is CCCCN1C(=O)c2ccc3c4ccc5c6c(ccc(c7ccc(c2c37)C1=O)c64)C(=O)N(CCCN1C(=O)c2ccc3c(=O)n4c6cccnc6nc4c4ccc(c2c34)C1=O)C5=O. The minimum absolute atomic E-state index is 0.0525. The van der Waals surface area contributed by atoms with Gasteiger partial charge >= 0.3 is 0 Å². The number of unbranched alkanes of at least 4 members (excludes halogenated alkanes) is 1. The first kappa shape index (κ1) is 35.6. The predicted molar refractivity (Wildman–Crippen MR) is 236 cm³/mol. The van der Waals surface area contributed by atoms with Crippen molar-refractivity contribution in [2.45, 2.75) is 26.2 Å². The number of hydrogen-bond donors (Lipinski definition) is 0. The summed E-state index contributed by atoms with van der Waals surface area (Å²) >= 11 is 0. The third-order valence-corrected chi connectivity index (χ3v) is 13.5. The molecule has 0 saturated carbocycles. The van der Waals surface area contributed by atoms with Crippen molar-refractivity contribution in [2.24, 2.45) is 0 Å². The van der Waals surface area contributed by atoms with Gasteiger partial charge in [-0.2, -0.15) is 0 Å². The zero-order valence-electron chi connectivity index (χ0n) is 33.4. The van der Waals surface area contributed by atoms with Crippen LogP contribution in [0.25, 0.3) is 81.4 Å². The highest BCUT2D eigenvalue weighted by Crippen LogP contribution is 2.46. The lowest BCUT2D eigenvalue weighted by molar-refractivity contribution is 0.0569. The average molecular weight is 827 g/mol. The van der Waals surface area contributed by atoms with E-state index in [1.165, 1.54) is 14.2 Å². The molecule has 3 aliphatic heterocycles. The number of benzene rings is 7. The van der Waals surface area contributed by atoms with Gasteiger partial charge in [0.2, 0.25) is 0 Å². The number of carbonyl (C=O) groups is 6. The molecule has 0 saturated heterocycles. The van der Waals surface area contributed by atoms with Crippen LogP contribution in [0.1, 0.15) is 88.3 Å². The standard InChI is InChI=1S/C50H30N6O7/c1-2-3-20-53-44(57)28-12-7-23-25-9-14-30-40-31(15-10-26(37(25)40)24-8-13-29(45(53)58)39(28)36(23)24)47(60)54(46(30)59)21-5-22-55-48(61)32-16-11-27-38-34(18-17-33(41(32)38)49(55)62)50(63)56-35-6-4-19-51-42(35)52-43(27)56/h4,6-19H,2-3,5,20-22H2,1H3. The van der Waals surface area contributed by atoms with Gasteiger partial charge in [-0.05, 0) is 106 Å². The van der Waals surface area contributed by atoms with Crippen LogP contribution in [0, 0.1) is 0 Å². The molecule has 6 amide bonds. The Bertz CT molecular complexity index is 3800. The van der Waals surface area contributed by atoms with E-state index in [1.807, 2.05) is 31.2 Å². The van der Waals surface area contributed by atoms with E-state index in [9.17, 15) is 33.6 Å². The van der Waals surface area contributed by atoms with Gasteiger partial charge in [0.15, 0.2) is 11.3 Å². The number of fused-ring (bicyclic) bond motifs is 6. The number of amides is 6. The van der Waals surface area contributed by atoms with Gasteiger partial charge in [-0.1, -0.05) is 37.6 Å². The maximum Gasteiger partial charge on any atom is 0.264 e. The third kappa shape index (κ3) is 4.32. The van der Waals surface area contributed by atoms with Crippen LogP contribution in [0.15, 0.2) is 95.9 Å². The smallest absolute Gasteiger partial charge is 0.264 e. The Labute approximate surface area is 354 Å². The number of aromatic nitrogens is 3. The van der Waals surface area contributed by atoms with Crippen molar-refractivity contribution in [3.05, 3.63) is 135 Å². The van der Waals surface area contributed by atoms with Crippen LogP contribution in [-0.4, -0.2) is 84.1 Å². The fourth-order valence-corrected chi connectivity index (χ4v) is 10.7. The lowest BCUT2D eigenvalue weighted by Gasteiger charge is -2.31. The minimum Gasteiger partial charge on any atom is -0.274 e. The maximum absolute atomic E-state index is 14.3. The van der Waals surface area contributed by atoms with Gasteiger partial charge in [0, 0.05) is 91.5 Å².